The second kappa shape index (κ2) is 4.88. The number of benzene rings is 1. The van der Waals surface area contributed by atoms with E-state index in [1.807, 2.05) is 12.1 Å². The van der Waals surface area contributed by atoms with Gasteiger partial charge in [-0.25, -0.2) is 0 Å². The summed E-state index contributed by atoms with van der Waals surface area (Å²) in [5.41, 5.74) is 1.27. The van der Waals surface area contributed by atoms with Crippen molar-refractivity contribution < 1.29 is 5.11 Å². The third-order valence-corrected chi connectivity index (χ3v) is 3.87. The molecule has 1 aliphatic rings. The molecule has 2 rings (SSSR count). The van der Waals surface area contributed by atoms with Gasteiger partial charge in [0.25, 0.3) is 0 Å². The fraction of sp³-hybridized carbons (Fsp3) is 0.571. The van der Waals surface area contributed by atoms with E-state index in [2.05, 4.69) is 24.9 Å². The highest BCUT2D eigenvalue weighted by Crippen LogP contribution is 2.32. The van der Waals surface area contributed by atoms with Gasteiger partial charge in [-0.2, -0.15) is 0 Å². The van der Waals surface area contributed by atoms with E-state index in [0.717, 1.165) is 5.92 Å². The Bertz CT molecular complexity index is 342. The van der Waals surface area contributed by atoms with Crippen molar-refractivity contribution in [2.75, 3.05) is 20.1 Å². The molecule has 1 saturated heterocycles. The number of phenolic OH excluding ortho intramolecular Hbond substituents is 1. The van der Waals surface area contributed by atoms with E-state index in [9.17, 15) is 5.11 Å². The molecule has 0 amide bonds. The fourth-order valence-electron chi connectivity index (χ4n) is 2.61. The molecular weight excluding hydrogens is 198 g/mol. The third kappa shape index (κ3) is 2.56. The number of nitrogens with zero attached hydrogens (tertiary/aromatic N) is 1. The van der Waals surface area contributed by atoms with Crippen LogP contribution in [0.25, 0.3) is 0 Å². The Morgan fingerprint density at radius 2 is 2.00 bits per heavy atom. The minimum Gasteiger partial charge on any atom is -0.508 e. The van der Waals surface area contributed by atoms with Crippen molar-refractivity contribution in [2.45, 2.75) is 25.7 Å². The van der Waals surface area contributed by atoms with E-state index >= 15 is 0 Å². The molecule has 2 heteroatoms. The topological polar surface area (TPSA) is 23.5 Å². The van der Waals surface area contributed by atoms with E-state index in [4.69, 9.17) is 0 Å². The fourth-order valence-corrected chi connectivity index (χ4v) is 2.61. The van der Waals surface area contributed by atoms with Gasteiger partial charge < -0.3 is 10.0 Å². The molecule has 1 aromatic carbocycles. The number of hydrogen-bond donors (Lipinski definition) is 1. The van der Waals surface area contributed by atoms with E-state index in [1.54, 1.807) is 6.07 Å². The van der Waals surface area contributed by atoms with E-state index in [-0.39, 0.29) is 0 Å². The van der Waals surface area contributed by atoms with Crippen LogP contribution in [0.4, 0.5) is 0 Å². The first kappa shape index (κ1) is 11.5. The Morgan fingerprint density at radius 1 is 1.31 bits per heavy atom. The van der Waals surface area contributed by atoms with E-state index in [1.165, 1.54) is 31.5 Å². The van der Waals surface area contributed by atoms with Crippen LogP contribution in [0.5, 0.6) is 5.75 Å². The molecule has 1 atom stereocenters. The maximum Gasteiger partial charge on any atom is 0.115 e. The summed E-state index contributed by atoms with van der Waals surface area (Å²) < 4.78 is 0. The molecule has 0 spiro atoms. The number of likely N-dealkylation sites (tertiary alicyclic amines) is 1. The molecule has 0 bridgehead atoms. The first-order valence-corrected chi connectivity index (χ1v) is 6.14. The molecule has 1 N–H and O–H groups in total. The van der Waals surface area contributed by atoms with Gasteiger partial charge in [0.05, 0.1) is 0 Å². The predicted molar refractivity (Wildman–Crippen MR) is 66.7 cm³/mol. The molecule has 0 aromatic heterocycles. The molecule has 2 nitrogen and oxygen atoms in total. The Hall–Kier alpha value is -1.02. The molecule has 0 aliphatic carbocycles. The van der Waals surface area contributed by atoms with Crippen LogP contribution in [0.15, 0.2) is 24.3 Å². The largest absolute Gasteiger partial charge is 0.508 e. The lowest BCUT2D eigenvalue weighted by atomic mass is 9.81. The normalized spacial score (nSPS) is 20.9. The van der Waals surface area contributed by atoms with Crippen LogP contribution in [0, 0.1) is 5.92 Å². The summed E-state index contributed by atoms with van der Waals surface area (Å²) in [4.78, 5) is 2.39. The minimum atomic E-state index is 0.386. The molecule has 88 valence electrons. The molecule has 1 aliphatic heterocycles. The molecule has 1 heterocycles. The Morgan fingerprint density at radius 3 is 2.62 bits per heavy atom. The van der Waals surface area contributed by atoms with Gasteiger partial charge in [-0.15, -0.1) is 0 Å². The van der Waals surface area contributed by atoms with Gasteiger partial charge in [0.1, 0.15) is 5.75 Å². The summed E-state index contributed by atoms with van der Waals surface area (Å²) in [6, 6.07) is 7.71. The zero-order valence-corrected chi connectivity index (χ0v) is 10.2. The van der Waals surface area contributed by atoms with Crippen molar-refractivity contribution in [3.05, 3.63) is 29.8 Å². The molecule has 1 fully saturated rings. The minimum absolute atomic E-state index is 0.386. The highest BCUT2D eigenvalue weighted by molar-refractivity contribution is 5.29. The molecule has 16 heavy (non-hydrogen) atoms. The second-order valence-electron chi connectivity index (χ2n) is 5.02. The van der Waals surface area contributed by atoms with E-state index in [0.29, 0.717) is 11.7 Å². The van der Waals surface area contributed by atoms with Crippen molar-refractivity contribution in [1.29, 1.82) is 0 Å². The summed E-state index contributed by atoms with van der Waals surface area (Å²) in [6.07, 6.45) is 2.54. The smallest absolute Gasteiger partial charge is 0.115 e. The summed E-state index contributed by atoms with van der Waals surface area (Å²) in [6.45, 7) is 4.69. The first-order chi connectivity index (χ1) is 7.66. The SMILES string of the molecule is CC(c1cccc(O)c1)C1CCN(C)CC1. The molecule has 0 radical (unpaired) electrons. The highest BCUT2D eigenvalue weighted by atomic mass is 16.3. The summed E-state index contributed by atoms with van der Waals surface area (Å²) in [5.74, 6) is 1.70. The number of aromatic hydroxyl groups is 1. The average Bonchev–Trinajstić information content (AvgIpc) is 2.29. The van der Waals surface area contributed by atoms with Gasteiger partial charge in [0.15, 0.2) is 0 Å². The Labute approximate surface area is 97.9 Å². The van der Waals surface area contributed by atoms with Crippen molar-refractivity contribution in [1.82, 2.24) is 4.90 Å². The van der Waals surface area contributed by atoms with Gasteiger partial charge in [-0.3, -0.25) is 0 Å². The maximum absolute atomic E-state index is 9.49. The zero-order valence-electron chi connectivity index (χ0n) is 10.2. The van der Waals surface area contributed by atoms with Crippen molar-refractivity contribution in [3.63, 3.8) is 0 Å². The number of hydrogen-bond acceptors (Lipinski definition) is 2. The van der Waals surface area contributed by atoms with Gasteiger partial charge in [-0.05, 0) is 62.5 Å². The lowest BCUT2D eigenvalue weighted by Crippen LogP contribution is -2.32. The van der Waals surface area contributed by atoms with Crippen LogP contribution in [0.1, 0.15) is 31.2 Å². The van der Waals surface area contributed by atoms with Gasteiger partial charge in [0.2, 0.25) is 0 Å². The maximum atomic E-state index is 9.49. The quantitative estimate of drug-likeness (QED) is 0.826. The van der Waals surface area contributed by atoms with Crippen LogP contribution >= 0.6 is 0 Å². The second-order valence-corrected chi connectivity index (χ2v) is 5.02. The Balaban J connectivity index is 2.04. The summed E-state index contributed by atoms with van der Waals surface area (Å²) in [5, 5.41) is 9.49. The highest BCUT2D eigenvalue weighted by Gasteiger charge is 2.23. The van der Waals surface area contributed by atoms with Crippen LogP contribution in [0.2, 0.25) is 0 Å². The standard InChI is InChI=1S/C14H21NO/c1-11(12-6-8-15(2)9-7-12)13-4-3-5-14(16)10-13/h3-5,10-12,16H,6-9H2,1-2H3. The van der Waals surface area contributed by atoms with Crippen molar-refractivity contribution in [3.8, 4) is 5.75 Å². The van der Waals surface area contributed by atoms with Crippen LogP contribution < -0.4 is 0 Å². The summed E-state index contributed by atoms with van der Waals surface area (Å²) in [7, 11) is 2.19. The third-order valence-electron chi connectivity index (χ3n) is 3.87. The molecule has 1 unspecified atom stereocenters. The monoisotopic (exact) mass is 219 g/mol. The van der Waals surface area contributed by atoms with Gasteiger partial charge >= 0.3 is 0 Å². The zero-order chi connectivity index (χ0) is 11.5. The molecule has 1 aromatic rings. The van der Waals surface area contributed by atoms with Crippen LogP contribution in [-0.4, -0.2) is 30.1 Å². The van der Waals surface area contributed by atoms with Crippen molar-refractivity contribution >= 4 is 0 Å². The molecular formula is C14H21NO. The van der Waals surface area contributed by atoms with Crippen LogP contribution in [-0.2, 0) is 0 Å². The molecule has 0 saturated carbocycles. The van der Waals surface area contributed by atoms with E-state index < -0.39 is 0 Å². The Kier molecular flexibility index (Phi) is 3.49. The predicted octanol–water partition coefficient (Wildman–Crippen LogP) is 2.84. The number of phenols is 1. The summed E-state index contributed by atoms with van der Waals surface area (Å²) >= 11 is 0. The lowest BCUT2D eigenvalue weighted by Gasteiger charge is -2.33. The number of piperidine rings is 1. The average molecular weight is 219 g/mol. The van der Waals surface area contributed by atoms with Gasteiger partial charge in [0, 0.05) is 0 Å². The van der Waals surface area contributed by atoms with Crippen LogP contribution in [0.3, 0.4) is 0 Å². The first-order valence-electron chi connectivity index (χ1n) is 6.14. The lowest BCUT2D eigenvalue weighted by molar-refractivity contribution is 0.202. The van der Waals surface area contributed by atoms with Gasteiger partial charge in [-0.1, -0.05) is 19.1 Å². The van der Waals surface area contributed by atoms with Crippen molar-refractivity contribution in [2.24, 2.45) is 5.92 Å². The number of rotatable bonds is 2.